The largest absolute Gasteiger partial charge is 1.00 e. The van der Waals surface area contributed by atoms with E-state index in [0.717, 1.165) is 116 Å². The number of carbonyl (C=O) groups excluding carboxylic acids is 5. The number of ether oxygens (including phenoxy) is 3. The van der Waals surface area contributed by atoms with Gasteiger partial charge in [0.2, 0.25) is 0 Å². The summed E-state index contributed by atoms with van der Waals surface area (Å²) in [5.74, 6) is -1.11. The van der Waals surface area contributed by atoms with Gasteiger partial charge in [-0.25, -0.2) is 0 Å². The fourth-order valence-electron chi connectivity index (χ4n) is 5.77. The molecule has 457 valence electrons. The number of esters is 3. The van der Waals surface area contributed by atoms with Crippen LogP contribution >= 0.6 is 0 Å². The standard InChI is InChI=1S/C16H28O2.C14H26O.C14H24O.C11H20O.C5H10O3.C4H6O3.CH3O.B.2Na.H2.H/c1-6-13(2)9-7-10-14(3)11-8-12-15(4)18-16(5)17;2*1-5-12(2)8-6-9-13(3)10-7-11-14(4)15;1-5-10(3)8-7-9-11(4,12)6-2;1-4(6)3-5(7)8-2;1-3(5)7-4(2)6;1-2;;;;;/h9,11,15H,6-8,10,12H2,1-5H3;8,10,14-15H,5-7,9,11H2,1-4H3;8,10H,5-7,9,11H2,1-4H3;6,8,12H,2,5,7,9H2,1,3-4H3;5,7H,3H2,1-2H3;1-2H3;1H3;;;;1H;/q;;;;;;-1;;2*+1;;-1/b13-9+,14-11+;2*12-8+,13-10+;10-8+;;;;;;;;/i;;;;;;;;;;1+1;. The van der Waals surface area contributed by atoms with Gasteiger partial charge in [0.1, 0.15) is 11.6 Å². The summed E-state index contributed by atoms with van der Waals surface area (Å²) in [5.41, 5.74) is 9.35. The number of carbonyl (C=O) groups is 5. The molecule has 4 unspecified atom stereocenters. The molecule has 0 fully saturated rings. The van der Waals surface area contributed by atoms with Gasteiger partial charge in [-0.2, -0.15) is 7.11 Å². The van der Waals surface area contributed by atoms with E-state index in [0.29, 0.717) is 6.42 Å². The van der Waals surface area contributed by atoms with E-state index in [2.05, 4.69) is 135 Å². The first-order valence-corrected chi connectivity index (χ1v) is 28.0. The average molecular weight is 1150 g/mol. The van der Waals surface area contributed by atoms with Gasteiger partial charge in [0.15, 0.2) is 6.29 Å². The molecule has 0 aliphatic heterocycles. The summed E-state index contributed by atoms with van der Waals surface area (Å²) >= 11 is 0. The molecule has 80 heavy (non-hydrogen) atoms. The summed E-state index contributed by atoms with van der Waals surface area (Å²) in [6.45, 7) is 39.9. The maximum atomic E-state index is 10.7. The fraction of sp³-hybridized carbons (Fsp3) is 0.677. The van der Waals surface area contributed by atoms with Crippen LogP contribution in [-0.4, -0.2) is 91.5 Å². The van der Waals surface area contributed by atoms with Crippen LogP contribution in [0.15, 0.2) is 94.2 Å². The van der Waals surface area contributed by atoms with Crippen LogP contribution in [0.3, 0.4) is 0 Å². The number of methoxy groups -OCH3 is 1. The van der Waals surface area contributed by atoms with E-state index in [1.807, 2.05) is 13.8 Å². The first kappa shape index (κ1) is 99.8. The second kappa shape index (κ2) is 71.0. The molecule has 4 atom stereocenters. The Morgan fingerprint density at radius 2 is 0.850 bits per heavy atom. The summed E-state index contributed by atoms with van der Waals surface area (Å²) in [6, 6.07) is 0. The van der Waals surface area contributed by atoms with Crippen molar-refractivity contribution in [1.29, 1.82) is 0 Å². The molecule has 0 aromatic carbocycles. The van der Waals surface area contributed by atoms with Gasteiger partial charge in [-0.3, -0.25) is 19.2 Å². The summed E-state index contributed by atoms with van der Waals surface area (Å²) in [7, 11) is 2.10. The van der Waals surface area contributed by atoms with Crippen molar-refractivity contribution >= 4 is 37.9 Å². The number of Topliss-reactive ketones (excluding diaryl/α,β-unsaturated/α-hetero) is 2. The van der Waals surface area contributed by atoms with E-state index in [9.17, 15) is 29.1 Å². The summed E-state index contributed by atoms with van der Waals surface area (Å²) in [5, 5.41) is 35.5. The van der Waals surface area contributed by atoms with Crippen molar-refractivity contribution in [3.05, 3.63) is 94.2 Å². The van der Waals surface area contributed by atoms with Crippen LogP contribution in [-0.2, 0) is 38.2 Å². The molecule has 3 radical (unpaired) electrons. The Morgan fingerprint density at radius 1 is 0.537 bits per heavy atom. The number of aliphatic hydroxyl groups excluding tert-OH is 2. The molecule has 0 aromatic rings. The Morgan fingerprint density at radius 3 is 1.10 bits per heavy atom. The van der Waals surface area contributed by atoms with Gasteiger partial charge in [-0.15, -0.1) is 6.58 Å². The summed E-state index contributed by atoms with van der Waals surface area (Å²) in [4.78, 5) is 51.3. The molecule has 0 aliphatic carbocycles. The van der Waals surface area contributed by atoms with Crippen molar-refractivity contribution in [1.82, 2.24) is 0 Å². The quantitative estimate of drug-likeness (QED) is 0.0203. The van der Waals surface area contributed by atoms with Crippen LogP contribution in [0.4, 0.5) is 0 Å². The average Bonchev–Trinajstić information content (AvgIpc) is 3.34. The van der Waals surface area contributed by atoms with Gasteiger partial charge in [0.25, 0.3) is 0 Å². The third-order valence-electron chi connectivity index (χ3n) is 11.4. The van der Waals surface area contributed by atoms with Crippen molar-refractivity contribution < 1.29 is 121 Å². The zero-order valence-corrected chi connectivity index (χ0v) is 59.6. The monoisotopic (exact) mass is 1150 g/mol. The molecule has 0 aromatic heterocycles. The molecule has 0 saturated carbocycles. The van der Waals surface area contributed by atoms with Gasteiger partial charge in [-0.05, 0) is 192 Å². The number of hydrogen-bond acceptors (Lipinski definition) is 12. The van der Waals surface area contributed by atoms with Crippen LogP contribution in [0.1, 0.15) is 256 Å². The van der Waals surface area contributed by atoms with Crippen LogP contribution < -0.4 is 64.2 Å². The molecule has 0 heterocycles. The van der Waals surface area contributed by atoms with Crippen molar-refractivity contribution in [3.8, 4) is 0 Å². The molecule has 15 heteroatoms. The van der Waals surface area contributed by atoms with E-state index in [4.69, 9.17) is 20.1 Å². The number of rotatable bonds is 30. The number of aliphatic hydroxyl groups is 3. The molecule has 3 N–H and O–H groups in total. The minimum atomic E-state index is -0.924. The third-order valence-corrected chi connectivity index (χ3v) is 11.4. The fourth-order valence-corrected chi connectivity index (χ4v) is 5.77. The molecule has 0 amide bonds. The van der Waals surface area contributed by atoms with Crippen molar-refractivity contribution in [2.75, 3.05) is 14.2 Å². The maximum absolute atomic E-state index is 10.7. The Balaban J connectivity index is -0.0000000719. The molecule has 0 bridgehead atoms. The van der Waals surface area contributed by atoms with Gasteiger partial charge in [0.05, 0.1) is 24.2 Å². The number of hydrogen-bond donors (Lipinski definition) is 3. The Labute approximate surface area is 540 Å². The summed E-state index contributed by atoms with van der Waals surface area (Å²) < 4.78 is 13.4. The van der Waals surface area contributed by atoms with E-state index >= 15 is 0 Å². The van der Waals surface area contributed by atoms with Crippen LogP contribution in [0.2, 0.25) is 0 Å². The third kappa shape index (κ3) is 97.9. The summed E-state index contributed by atoms with van der Waals surface area (Å²) in [6.07, 6.45) is 34.8. The normalized spacial score (nSPS) is 13.3. The van der Waals surface area contributed by atoms with E-state index in [-0.39, 0.29) is 107 Å². The van der Waals surface area contributed by atoms with Crippen molar-refractivity contribution in [3.63, 3.8) is 0 Å². The van der Waals surface area contributed by atoms with E-state index in [1.165, 1.54) is 73.8 Å². The molecule has 0 rings (SSSR count). The Kier molecular flexibility index (Phi) is 88.5. The zero-order chi connectivity index (χ0) is 61.4. The van der Waals surface area contributed by atoms with Gasteiger partial charge in [0, 0.05) is 44.1 Å². The van der Waals surface area contributed by atoms with Gasteiger partial charge < -0.3 is 40.9 Å². The Hall–Kier alpha value is -2.27. The number of allylic oxidation sites excluding steroid dienone is 14. The topological polar surface area (TPSA) is 197 Å². The molecule has 12 nitrogen and oxygen atoms in total. The first-order chi connectivity index (χ1) is 35.9. The first-order valence-electron chi connectivity index (χ1n) is 28.0. The van der Waals surface area contributed by atoms with Crippen LogP contribution in [0.25, 0.3) is 0 Å². The molecular weight excluding hydrogens is 1030 g/mol. The molecule has 0 aliphatic rings. The predicted molar refractivity (Wildman–Crippen MR) is 332 cm³/mol. The minimum absolute atomic E-state index is 0. The van der Waals surface area contributed by atoms with Crippen molar-refractivity contribution in [2.24, 2.45) is 0 Å². The smallest absolute Gasteiger partial charge is 1.00 e. The maximum Gasteiger partial charge on any atom is 1.00 e. The Bertz CT molecular complexity index is 1760. The van der Waals surface area contributed by atoms with Gasteiger partial charge >= 0.3 is 77.0 Å². The van der Waals surface area contributed by atoms with Crippen LogP contribution in [0.5, 0.6) is 0 Å². The van der Waals surface area contributed by atoms with E-state index < -0.39 is 23.8 Å². The molecule has 0 saturated heterocycles. The zero-order valence-electron chi connectivity index (χ0n) is 56.6. The van der Waals surface area contributed by atoms with Crippen LogP contribution in [0, 0.1) is 0 Å². The van der Waals surface area contributed by atoms with Crippen molar-refractivity contribution in [2.45, 2.75) is 278 Å². The second-order valence-electron chi connectivity index (χ2n) is 19.8. The predicted octanol–water partition coefficient (Wildman–Crippen LogP) is 9.52. The molecule has 0 spiro atoms. The second-order valence-corrected chi connectivity index (χ2v) is 19.8. The molecular formula is C65H120BNa2O12. The minimum Gasteiger partial charge on any atom is -1.00 e. The number of ketones is 2. The SMILES string of the molecule is C=CC(C)(O)CC/C=C(\C)CC.CC(=O)OC(C)=O.CC/C(C)=C/CC/C(C)=C/CCC(C)=O.CC/C(C)=C/CC/C(C)=C/CCC(C)O.CC/C(C)=C/CC/C(C)=C/CCC(C)OC(C)=O.COC(O)CC(C)=O.C[O-].[2HH].[B].[H-].[Na+].[Na+]. The van der Waals surface area contributed by atoms with Gasteiger partial charge in [-0.1, -0.05) is 115 Å². The van der Waals surface area contributed by atoms with E-state index in [1.54, 1.807) is 19.9 Å².